The molecule has 0 saturated carbocycles. The van der Waals surface area contributed by atoms with Gasteiger partial charge in [0.05, 0.1) is 25.9 Å². The first kappa shape index (κ1) is 53.8. The quantitative estimate of drug-likeness (QED) is 0.0449. The molecule has 0 radical (unpaired) electrons. The van der Waals surface area contributed by atoms with Crippen molar-refractivity contribution in [2.24, 2.45) is 11.8 Å². The molecule has 1 heterocycles. The van der Waals surface area contributed by atoms with Gasteiger partial charge in [-0.2, -0.15) is 0 Å². The number of unbranched alkanes of at least 4 members (excludes halogenated alkanes) is 18. The second-order valence-corrected chi connectivity index (χ2v) is 18.0. The molecule has 1 aliphatic heterocycles. The van der Waals surface area contributed by atoms with Crippen molar-refractivity contribution in [3.05, 3.63) is 0 Å². The zero-order valence-corrected chi connectivity index (χ0v) is 39.0. The van der Waals surface area contributed by atoms with Crippen molar-refractivity contribution in [1.29, 1.82) is 0 Å². The third-order valence-electron chi connectivity index (χ3n) is 12.5. The zero-order valence-electron chi connectivity index (χ0n) is 39.0. The third kappa shape index (κ3) is 30.5. The van der Waals surface area contributed by atoms with Gasteiger partial charge in [-0.25, -0.2) is 0 Å². The molecular weight excluding hydrogens is 711 g/mol. The second kappa shape index (κ2) is 37.8. The van der Waals surface area contributed by atoms with Crippen molar-refractivity contribution >= 4 is 11.9 Å². The van der Waals surface area contributed by atoms with Gasteiger partial charge >= 0.3 is 11.9 Å². The summed E-state index contributed by atoms with van der Waals surface area (Å²) in [5.74, 6) is 0.603. The van der Waals surface area contributed by atoms with E-state index in [9.17, 15) is 9.59 Å². The first-order chi connectivity index (χ1) is 27.8. The molecule has 0 aromatic heterocycles. The van der Waals surface area contributed by atoms with Gasteiger partial charge in [0.15, 0.2) is 5.79 Å². The number of nitrogens with zero attached hydrogens (tertiary/aromatic N) is 1. The molecule has 1 fully saturated rings. The Kier molecular flexibility index (Phi) is 35.7. The molecule has 1 rings (SSSR count). The van der Waals surface area contributed by atoms with Gasteiger partial charge in [-0.3, -0.25) is 9.59 Å². The number of hydrogen-bond acceptors (Lipinski definition) is 7. The standard InChI is InChI=1S/C50H97NO6/c1-7-12-24-32-45(33-25-13-8-2)42-48(52)54-40-30-22-18-16-20-28-37-50(56-44-47(57-50)36-39-51(6)11-5)38-29-21-17-19-23-31-41-55-49(53)43-46(34-26-14-9-3)35-27-15-10-4/h45-47H,7-44H2,1-6H3. The van der Waals surface area contributed by atoms with Gasteiger partial charge in [-0.05, 0) is 83.2 Å². The van der Waals surface area contributed by atoms with Crippen LogP contribution >= 0.6 is 0 Å². The molecule has 0 amide bonds. The molecule has 1 unspecified atom stereocenters. The summed E-state index contributed by atoms with van der Waals surface area (Å²) in [5.41, 5.74) is 0. The molecule has 0 spiro atoms. The molecule has 0 aromatic rings. The van der Waals surface area contributed by atoms with Crippen molar-refractivity contribution in [3.8, 4) is 0 Å². The highest BCUT2D eigenvalue weighted by atomic mass is 16.7. The normalized spacial score (nSPS) is 15.4. The van der Waals surface area contributed by atoms with E-state index in [-0.39, 0.29) is 18.0 Å². The summed E-state index contributed by atoms with van der Waals surface area (Å²) in [5, 5.41) is 0. The summed E-state index contributed by atoms with van der Waals surface area (Å²) in [6.07, 6.45) is 37.6. The summed E-state index contributed by atoms with van der Waals surface area (Å²) in [7, 11) is 2.18. The fourth-order valence-corrected chi connectivity index (χ4v) is 8.47. The lowest BCUT2D eigenvalue weighted by Gasteiger charge is -2.29. The Morgan fingerprint density at radius 1 is 0.561 bits per heavy atom. The van der Waals surface area contributed by atoms with Crippen LogP contribution < -0.4 is 0 Å². The molecule has 338 valence electrons. The van der Waals surface area contributed by atoms with Crippen molar-refractivity contribution < 1.29 is 28.5 Å². The monoisotopic (exact) mass is 808 g/mol. The number of carbonyl (C=O) groups excluding carboxylic acids is 2. The Balaban J connectivity index is 2.32. The Labute approximate surface area is 354 Å². The van der Waals surface area contributed by atoms with Crippen LogP contribution in [0, 0.1) is 11.8 Å². The molecule has 0 aromatic carbocycles. The zero-order chi connectivity index (χ0) is 41.7. The predicted octanol–water partition coefficient (Wildman–Crippen LogP) is 14.3. The van der Waals surface area contributed by atoms with Crippen LogP contribution in [0.3, 0.4) is 0 Å². The highest BCUT2D eigenvalue weighted by Gasteiger charge is 2.40. The van der Waals surface area contributed by atoms with Crippen LogP contribution in [0.5, 0.6) is 0 Å². The van der Waals surface area contributed by atoms with Gasteiger partial charge < -0.3 is 23.8 Å². The van der Waals surface area contributed by atoms with E-state index >= 15 is 0 Å². The van der Waals surface area contributed by atoms with Crippen molar-refractivity contribution in [2.75, 3.05) is 40.0 Å². The number of carbonyl (C=O) groups is 2. The van der Waals surface area contributed by atoms with E-state index in [1.54, 1.807) is 0 Å². The van der Waals surface area contributed by atoms with Crippen LogP contribution in [-0.2, 0) is 28.5 Å². The maximum Gasteiger partial charge on any atom is 0.306 e. The molecule has 0 N–H and O–H groups in total. The molecule has 1 aliphatic rings. The van der Waals surface area contributed by atoms with Crippen LogP contribution in [0.15, 0.2) is 0 Å². The first-order valence-corrected chi connectivity index (χ1v) is 25.1. The van der Waals surface area contributed by atoms with E-state index < -0.39 is 5.79 Å². The Bertz CT molecular complexity index is 837. The lowest BCUT2D eigenvalue weighted by molar-refractivity contribution is -0.180. The topological polar surface area (TPSA) is 74.3 Å². The molecule has 7 heteroatoms. The fourth-order valence-electron chi connectivity index (χ4n) is 8.47. The summed E-state index contributed by atoms with van der Waals surface area (Å²) in [4.78, 5) is 27.5. The van der Waals surface area contributed by atoms with Gasteiger partial charge in [-0.1, -0.05) is 163 Å². The number of hydrogen-bond donors (Lipinski definition) is 0. The molecule has 1 saturated heterocycles. The van der Waals surface area contributed by atoms with E-state index in [2.05, 4.69) is 46.6 Å². The lowest BCUT2D eigenvalue weighted by atomic mass is 9.92. The van der Waals surface area contributed by atoms with E-state index in [0.29, 0.717) is 44.5 Å². The molecule has 57 heavy (non-hydrogen) atoms. The van der Waals surface area contributed by atoms with E-state index in [0.717, 1.165) is 70.9 Å². The summed E-state index contributed by atoms with van der Waals surface area (Å²) < 4.78 is 24.6. The smallest absolute Gasteiger partial charge is 0.306 e. The molecule has 0 bridgehead atoms. The van der Waals surface area contributed by atoms with Gasteiger partial charge in [0.25, 0.3) is 0 Å². The first-order valence-electron chi connectivity index (χ1n) is 25.1. The Morgan fingerprint density at radius 2 is 0.947 bits per heavy atom. The van der Waals surface area contributed by atoms with Crippen LogP contribution in [0.2, 0.25) is 0 Å². The van der Waals surface area contributed by atoms with E-state index in [1.165, 1.54) is 141 Å². The Hall–Kier alpha value is -1.18. The maximum atomic E-state index is 12.6. The molecule has 1 atom stereocenters. The lowest BCUT2D eigenvalue weighted by Crippen LogP contribution is -2.32. The molecular formula is C50H97NO6. The van der Waals surface area contributed by atoms with Gasteiger partial charge in [0.1, 0.15) is 0 Å². The average Bonchev–Trinajstić information content (AvgIpc) is 3.61. The average molecular weight is 808 g/mol. The van der Waals surface area contributed by atoms with E-state index in [1.807, 2.05) is 0 Å². The van der Waals surface area contributed by atoms with Gasteiger partial charge in [-0.15, -0.1) is 0 Å². The second-order valence-electron chi connectivity index (χ2n) is 18.0. The van der Waals surface area contributed by atoms with E-state index in [4.69, 9.17) is 18.9 Å². The summed E-state index contributed by atoms with van der Waals surface area (Å²) in [6.45, 7) is 15.1. The predicted molar refractivity (Wildman–Crippen MR) is 241 cm³/mol. The van der Waals surface area contributed by atoms with Gasteiger partial charge in [0, 0.05) is 32.2 Å². The van der Waals surface area contributed by atoms with Crippen molar-refractivity contribution in [3.63, 3.8) is 0 Å². The highest BCUT2D eigenvalue weighted by molar-refractivity contribution is 5.70. The van der Waals surface area contributed by atoms with Crippen LogP contribution in [-0.4, -0.2) is 68.7 Å². The fraction of sp³-hybridized carbons (Fsp3) is 0.960. The van der Waals surface area contributed by atoms with Crippen LogP contribution in [0.25, 0.3) is 0 Å². The number of ether oxygens (including phenoxy) is 4. The third-order valence-corrected chi connectivity index (χ3v) is 12.5. The molecule has 7 nitrogen and oxygen atoms in total. The van der Waals surface area contributed by atoms with Crippen molar-refractivity contribution in [1.82, 2.24) is 4.90 Å². The Morgan fingerprint density at radius 3 is 1.33 bits per heavy atom. The number of rotatable bonds is 42. The minimum Gasteiger partial charge on any atom is -0.466 e. The highest BCUT2D eigenvalue weighted by Crippen LogP contribution is 2.36. The minimum atomic E-state index is -0.423. The van der Waals surface area contributed by atoms with Crippen molar-refractivity contribution in [2.45, 2.75) is 258 Å². The summed E-state index contributed by atoms with van der Waals surface area (Å²) >= 11 is 0. The summed E-state index contributed by atoms with van der Waals surface area (Å²) in [6, 6.07) is 0. The SMILES string of the molecule is CCCCCC(CCCCC)CC(=O)OCCCCCCCCC1(CCCCCCCCOC(=O)CC(CCCCC)CCCCC)OCC(CCN(C)CC)O1. The largest absolute Gasteiger partial charge is 0.466 e. The van der Waals surface area contributed by atoms with Gasteiger partial charge in [0.2, 0.25) is 0 Å². The van der Waals surface area contributed by atoms with Crippen LogP contribution in [0.4, 0.5) is 0 Å². The number of esters is 2. The maximum absolute atomic E-state index is 12.6. The minimum absolute atomic E-state index is 0.0156. The van der Waals surface area contributed by atoms with Crippen LogP contribution in [0.1, 0.15) is 247 Å². The molecule has 0 aliphatic carbocycles.